The Labute approximate surface area is 98.0 Å². The van der Waals surface area contributed by atoms with E-state index in [-0.39, 0.29) is 0 Å². The fourth-order valence-corrected chi connectivity index (χ4v) is 1.33. The molecule has 0 fully saturated rings. The zero-order valence-electron chi connectivity index (χ0n) is 8.75. The molecular formula is C12H7N5. The van der Waals surface area contributed by atoms with Crippen LogP contribution < -0.4 is 5.32 Å². The summed E-state index contributed by atoms with van der Waals surface area (Å²) in [7, 11) is 0. The van der Waals surface area contributed by atoms with Crippen LogP contribution in [0.1, 0.15) is 11.1 Å². The maximum atomic E-state index is 8.93. The van der Waals surface area contributed by atoms with Crippen molar-refractivity contribution in [2.75, 3.05) is 5.32 Å². The van der Waals surface area contributed by atoms with Gasteiger partial charge >= 0.3 is 0 Å². The highest BCUT2D eigenvalue weighted by atomic mass is 15.2. The van der Waals surface area contributed by atoms with Gasteiger partial charge in [0.1, 0.15) is 12.1 Å². The van der Waals surface area contributed by atoms with Gasteiger partial charge in [-0.3, -0.25) is 0 Å². The lowest BCUT2D eigenvalue weighted by Crippen LogP contribution is -1.99. The number of rotatable bonds is 2. The molecule has 0 saturated heterocycles. The lowest BCUT2D eigenvalue weighted by atomic mass is 10.2. The number of aromatic nitrogens is 2. The average molecular weight is 221 g/mol. The average Bonchev–Trinajstić information content (AvgIpc) is 2.40. The summed E-state index contributed by atoms with van der Waals surface area (Å²) in [5.74, 6) is 0.345. The van der Waals surface area contributed by atoms with Crippen molar-refractivity contribution < 1.29 is 0 Å². The molecule has 5 nitrogen and oxygen atoms in total. The van der Waals surface area contributed by atoms with Crippen molar-refractivity contribution in [2.24, 2.45) is 0 Å². The van der Waals surface area contributed by atoms with Crippen molar-refractivity contribution in [2.45, 2.75) is 0 Å². The summed E-state index contributed by atoms with van der Waals surface area (Å²) >= 11 is 0. The van der Waals surface area contributed by atoms with E-state index in [0.29, 0.717) is 22.6 Å². The first-order valence-corrected chi connectivity index (χ1v) is 4.83. The largest absolute Gasteiger partial charge is 0.337 e. The summed E-state index contributed by atoms with van der Waals surface area (Å²) in [6.07, 6.45) is 1.44. The van der Waals surface area contributed by atoms with Crippen molar-refractivity contribution in [3.05, 3.63) is 47.7 Å². The minimum absolute atomic E-state index is 0.345. The van der Waals surface area contributed by atoms with E-state index in [1.165, 1.54) is 6.20 Å². The third-order valence-electron chi connectivity index (χ3n) is 2.14. The zero-order valence-corrected chi connectivity index (χ0v) is 8.75. The van der Waals surface area contributed by atoms with Gasteiger partial charge in [-0.05, 0) is 18.2 Å². The SMILES string of the molecule is N#Cc1ccccc1Nc1nnccc1C#N. The Hall–Kier alpha value is -2.92. The van der Waals surface area contributed by atoms with Crippen molar-refractivity contribution in [3.8, 4) is 12.1 Å². The van der Waals surface area contributed by atoms with E-state index in [1.54, 1.807) is 30.3 Å². The second kappa shape index (κ2) is 4.73. The highest BCUT2D eigenvalue weighted by molar-refractivity contribution is 5.67. The molecule has 5 heteroatoms. The molecule has 0 atom stereocenters. The van der Waals surface area contributed by atoms with E-state index >= 15 is 0 Å². The third-order valence-corrected chi connectivity index (χ3v) is 2.14. The van der Waals surface area contributed by atoms with E-state index in [2.05, 4.69) is 21.6 Å². The molecule has 1 aromatic carbocycles. The summed E-state index contributed by atoms with van der Waals surface area (Å²) < 4.78 is 0. The number of hydrogen-bond acceptors (Lipinski definition) is 5. The van der Waals surface area contributed by atoms with Gasteiger partial charge in [0.05, 0.1) is 23.0 Å². The monoisotopic (exact) mass is 221 g/mol. The van der Waals surface area contributed by atoms with E-state index in [4.69, 9.17) is 10.5 Å². The van der Waals surface area contributed by atoms with Crippen LogP contribution in [0.4, 0.5) is 11.5 Å². The summed E-state index contributed by atoms with van der Waals surface area (Å²) in [6.45, 7) is 0. The van der Waals surface area contributed by atoms with Crippen molar-refractivity contribution in [1.82, 2.24) is 10.2 Å². The lowest BCUT2D eigenvalue weighted by Gasteiger charge is -2.06. The lowest BCUT2D eigenvalue weighted by molar-refractivity contribution is 1.03. The summed E-state index contributed by atoms with van der Waals surface area (Å²) in [5, 5.41) is 28.3. The maximum absolute atomic E-state index is 8.93. The molecule has 0 aliphatic carbocycles. The summed E-state index contributed by atoms with van der Waals surface area (Å²) in [6, 6.07) is 12.6. The van der Waals surface area contributed by atoms with Crippen LogP contribution in [0, 0.1) is 22.7 Å². The highest BCUT2D eigenvalue weighted by Gasteiger charge is 2.06. The topological polar surface area (TPSA) is 85.4 Å². The number of para-hydroxylation sites is 1. The van der Waals surface area contributed by atoms with Gasteiger partial charge in [0.2, 0.25) is 0 Å². The second-order valence-electron chi connectivity index (χ2n) is 3.19. The summed E-state index contributed by atoms with van der Waals surface area (Å²) in [4.78, 5) is 0. The minimum atomic E-state index is 0.345. The normalized spacial score (nSPS) is 9.06. The molecule has 0 amide bonds. The van der Waals surface area contributed by atoms with Crippen LogP contribution in [-0.2, 0) is 0 Å². The number of hydrogen-bond donors (Lipinski definition) is 1. The molecule has 1 heterocycles. The molecular weight excluding hydrogens is 214 g/mol. The van der Waals surface area contributed by atoms with Gasteiger partial charge in [-0.1, -0.05) is 12.1 Å². The maximum Gasteiger partial charge on any atom is 0.171 e. The van der Waals surface area contributed by atoms with E-state index < -0.39 is 0 Å². The predicted molar refractivity (Wildman–Crippen MR) is 61.2 cm³/mol. The Morgan fingerprint density at radius 1 is 1.00 bits per heavy atom. The van der Waals surface area contributed by atoms with Crippen molar-refractivity contribution >= 4 is 11.5 Å². The van der Waals surface area contributed by atoms with Crippen LogP contribution >= 0.6 is 0 Å². The quantitative estimate of drug-likeness (QED) is 0.837. The van der Waals surface area contributed by atoms with Crippen LogP contribution in [0.15, 0.2) is 36.5 Å². The van der Waals surface area contributed by atoms with Crippen LogP contribution in [-0.4, -0.2) is 10.2 Å². The molecule has 0 radical (unpaired) electrons. The standard InChI is InChI=1S/C12H7N5/c13-7-9-3-1-2-4-11(9)16-12-10(8-14)5-6-15-17-12/h1-6H,(H,16,17). The fraction of sp³-hybridized carbons (Fsp3) is 0. The van der Waals surface area contributed by atoms with Crippen LogP contribution in [0.5, 0.6) is 0 Å². The number of nitriles is 2. The second-order valence-corrected chi connectivity index (χ2v) is 3.19. The molecule has 0 saturated carbocycles. The van der Waals surface area contributed by atoms with Gasteiger partial charge in [-0.15, -0.1) is 5.10 Å². The molecule has 2 aromatic rings. The Bertz CT molecular complexity index is 566. The third kappa shape index (κ3) is 2.19. The van der Waals surface area contributed by atoms with Crippen LogP contribution in [0.25, 0.3) is 0 Å². The Morgan fingerprint density at radius 2 is 1.76 bits per heavy atom. The van der Waals surface area contributed by atoms with E-state index in [9.17, 15) is 0 Å². The number of nitrogens with zero attached hydrogens (tertiary/aromatic N) is 4. The van der Waals surface area contributed by atoms with Crippen molar-refractivity contribution in [3.63, 3.8) is 0 Å². The van der Waals surface area contributed by atoms with Gasteiger partial charge in [0.25, 0.3) is 0 Å². The summed E-state index contributed by atoms with van der Waals surface area (Å²) in [5.41, 5.74) is 1.47. The molecule has 1 aromatic heterocycles. The first-order valence-electron chi connectivity index (χ1n) is 4.83. The molecule has 0 aliphatic heterocycles. The predicted octanol–water partition coefficient (Wildman–Crippen LogP) is 1.96. The Balaban J connectivity index is 2.40. The molecule has 80 valence electrons. The molecule has 2 rings (SSSR count). The minimum Gasteiger partial charge on any atom is -0.337 e. The molecule has 1 N–H and O–H groups in total. The number of anilines is 2. The van der Waals surface area contributed by atoms with E-state index in [0.717, 1.165) is 0 Å². The molecule has 17 heavy (non-hydrogen) atoms. The number of benzene rings is 1. The molecule has 0 bridgehead atoms. The van der Waals surface area contributed by atoms with E-state index in [1.807, 2.05) is 6.07 Å². The molecule has 0 unspecified atom stereocenters. The van der Waals surface area contributed by atoms with Gasteiger partial charge in [0.15, 0.2) is 5.82 Å². The van der Waals surface area contributed by atoms with Gasteiger partial charge in [-0.25, -0.2) is 0 Å². The highest BCUT2D eigenvalue weighted by Crippen LogP contribution is 2.20. The molecule has 0 spiro atoms. The van der Waals surface area contributed by atoms with Gasteiger partial charge < -0.3 is 5.32 Å². The van der Waals surface area contributed by atoms with Crippen molar-refractivity contribution in [1.29, 1.82) is 10.5 Å². The van der Waals surface area contributed by atoms with Gasteiger partial charge in [-0.2, -0.15) is 15.6 Å². The zero-order chi connectivity index (χ0) is 12.1. The first-order chi connectivity index (χ1) is 8.35. The smallest absolute Gasteiger partial charge is 0.171 e. The van der Waals surface area contributed by atoms with Crippen LogP contribution in [0.2, 0.25) is 0 Å². The number of nitrogens with one attached hydrogen (secondary N) is 1. The molecule has 0 aliphatic rings. The van der Waals surface area contributed by atoms with Gasteiger partial charge in [0, 0.05) is 0 Å². The van der Waals surface area contributed by atoms with Crippen LogP contribution in [0.3, 0.4) is 0 Å². The fourth-order valence-electron chi connectivity index (χ4n) is 1.33. The first kappa shape index (κ1) is 10.6. The Morgan fingerprint density at radius 3 is 2.53 bits per heavy atom. The Kier molecular flexibility index (Phi) is 2.95.